The Bertz CT molecular complexity index is 563. The van der Waals surface area contributed by atoms with Crippen LogP contribution in [0, 0.1) is 0 Å². The number of methoxy groups -OCH3 is 1. The fraction of sp³-hybridized carbons (Fsp3) is 0.231. The standard InChI is InChI=1S/C13H14BrN3O2/c1-3-16-12-7-15-8-13(17-12)19-11-5-4-9(18-2)6-10(11)14/h4-8H,3H2,1-2H3,(H,16,17). The van der Waals surface area contributed by atoms with E-state index >= 15 is 0 Å². The lowest BCUT2D eigenvalue weighted by Crippen LogP contribution is -2.00. The van der Waals surface area contributed by atoms with Gasteiger partial charge in [0, 0.05) is 6.54 Å². The molecule has 6 heteroatoms. The number of halogens is 1. The summed E-state index contributed by atoms with van der Waals surface area (Å²) in [6.07, 6.45) is 3.22. The monoisotopic (exact) mass is 323 g/mol. The fourth-order valence-corrected chi connectivity index (χ4v) is 1.91. The number of anilines is 1. The third-order valence-corrected chi connectivity index (χ3v) is 2.94. The summed E-state index contributed by atoms with van der Waals surface area (Å²) in [6, 6.07) is 5.46. The highest BCUT2D eigenvalue weighted by atomic mass is 79.9. The predicted octanol–water partition coefficient (Wildman–Crippen LogP) is 3.47. The molecule has 0 aliphatic rings. The van der Waals surface area contributed by atoms with Gasteiger partial charge in [-0.2, -0.15) is 4.98 Å². The lowest BCUT2D eigenvalue weighted by Gasteiger charge is -2.09. The van der Waals surface area contributed by atoms with Crippen LogP contribution in [0.3, 0.4) is 0 Å². The SMILES string of the molecule is CCNc1cncc(Oc2ccc(OC)cc2Br)n1. The Balaban J connectivity index is 2.18. The Kier molecular flexibility index (Phi) is 4.57. The van der Waals surface area contributed by atoms with Crippen molar-refractivity contribution in [1.29, 1.82) is 0 Å². The molecule has 0 radical (unpaired) electrons. The highest BCUT2D eigenvalue weighted by Crippen LogP contribution is 2.32. The molecule has 2 aromatic rings. The molecule has 1 heterocycles. The van der Waals surface area contributed by atoms with E-state index in [1.165, 1.54) is 0 Å². The number of aromatic nitrogens is 2. The van der Waals surface area contributed by atoms with E-state index in [0.29, 0.717) is 17.4 Å². The second-order valence-electron chi connectivity index (χ2n) is 3.67. The minimum atomic E-state index is 0.435. The summed E-state index contributed by atoms with van der Waals surface area (Å²) in [5.74, 6) is 2.53. The average molecular weight is 324 g/mol. The van der Waals surface area contributed by atoms with Crippen molar-refractivity contribution < 1.29 is 9.47 Å². The van der Waals surface area contributed by atoms with Crippen LogP contribution >= 0.6 is 15.9 Å². The van der Waals surface area contributed by atoms with Crippen molar-refractivity contribution in [1.82, 2.24) is 9.97 Å². The molecule has 0 saturated heterocycles. The quantitative estimate of drug-likeness (QED) is 0.913. The van der Waals surface area contributed by atoms with Gasteiger partial charge in [0.15, 0.2) is 0 Å². The van der Waals surface area contributed by atoms with E-state index in [1.54, 1.807) is 19.5 Å². The minimum Gasteiger partial charge on any atom is -0.497 e. The Morgan fingerprint density at radius 3 is 2.84 bits per heavy atom. The van der Waals surface area contributed by atoms with E-state index in [1.807, 2.05) is 25.1 Å². The lowest BCUT2D eigenvalue weighted by atomic mass is 10.3. The number of benzene rings is 1. The van der Waals surface area contributed by atoms with Crippen molar-refractivity contribution in [2.75, 3.05) is 19.0 Å². The molecule has 1 aromatic heterocycles. The molecular weight excluding hydrogens is 310 g/mol. The predicted molar refractivity (Wildman–Crippen MR) is 77.0 cm³/mol. The van der Waals surface area contributed by atoms with Crippen molar-refractivity contribution in [3.05, 3.63) is 35.1 Å². The molecule has 0 amide bonds. The first kappa shape index (κ1) is 13.6. The minimum absolute atomic E-state index is 0.435. The molecule has 2 rings (SSSR count). The normalized spacial score (nSPS) is 10.1. The molecule has 0 aliphatic carbocycles. The summed E-state index contributed by atoms with van der Waals surface area (Å²) in [7, 11) is 1.62. The summed E-state index contributed by atoms with van der Waals surface area (Å²) in [6.45, 7) is 2.78. The van der Waals surface area contributed by atoms with Crippen LogP contribution in [-0.4, -0.2) is 23.6 Å². The van der Waals surface area contributed by atoms with Gasteiger partial charge < -0.3 is 14.8 Å². The summed E-state index contributed by atoms with van der Waals surface area (Å²) in [5, 5.41) is 3.08. The number of nitrogens with one attached hydrogen (secondary N) is 1. The fourth-order valence-electron chi connectivity index (χ4n) is 1.47. The van der Waals surface area contributed by atoms with Crippen LogP contribution < -0.4 is 14.8 Å². The molecule has 0 saturated carbocycles. The number of hydrogen-bond donors (Lipinski definition) is 1. The first-order chi connectivity index (χ1) is 9.22. The van der Waals surface area contributed by atoms with Crippen LogP contribution in [-0.2, 0) is 0 Å². The smallest absolute Gasteiger partial charge is 0.239 e. The van der Waals surface area contributed by atoms with Gasteiger partial charge in [-0.3, -0.25) is 4.98 Å². The summed E-state index contributed by atoms with van der Waals surface area (Å²) in [4.78, 5) is 8.37. The van der Waals surface area contributed by atoms with E-state index in [2.05, 4.69) is 31.2 Å². The molecule has 0 fully saturated rings. The van der Waals surface area contributed by atoms with Gasteiger partial charge in [0.1, 0.15) is 17.3 Å². The van der Waals surface area contributed by atoms with Crippen molar-refractivity contribution in [2.24, 2.45) is 0 Å². The van der Waals surface area contributed by atoms with Crippen LogP contribution in [0.15, 0.2) is 35.1 Å². The maximum Gasteiger partial charge on any atom is 0.239 e. The van der Waals surface area contributed by atoms with E-state index < -0.39 is 0 Å². The van der Waals surface area contributed by atoms with Gasteiger partial charge >= 0.3 is 0 Å². The van der Waals surface area contributed by atoms with E-state index in [4.69, 9.17) is 9.47 Å². The topological polar surface area (TPSA) is 56.3 Å². The van der Waals surface area contributed by atoms with Crippen molar-refractivity contribution in [3.8, 4) is 17.4 Å². The number of nitrogens with zero attached hydrogens (tertiary/aromatic N) is 2. The molecule has 0 atom stereocenters. The molecule has 0 spiro atoms. The number of hydrogen-bond acceptors (Lipinski definition) is 5. The Hall–Kier alpha value is -1.82. The molecule has 0 bridgehead atoms. The van der Waals surface area contributed by atoms with Crippen LogP contribution in [0.5, 0.6) is 17.4 Å². The third-order valence-electron chi connectivity index (χ3n) is 2.32. The van der Waals surface area contributed by atoms with E-state index in [0.717, 1.165) is 16.8 Å². The Morgan fingerprint density at radius 2 is 2.16 bits per heavy atom. The van der Waals surface area contributed by atoms with Gasteiger partial charge in [0.2, 0.25) is 5.88 Å². The van der Waals surface area contributed by atoms with Gasteiger partial charge in [0.05, 0.1) is 24.0 Å². The second kappa shape index (κ2) is 6.38. The zero-order chi connectivity index (χ0) is 13.7. The molecule has 0 aliphatic heterocycles. The van der Waals surface area contributed by atoms with Gasteiger partial charge in [-0.25, -0.2) is 0 Å². The third kappa shape index (κ3) is 3.57. The summed E-state index contributed by atoms with van der Waals surface area (Å²) in [5.41, 5.74) is 0. The van der Waals surface area contributed by atoms with Crippen molar-refractivity contribution in [2.45, 2.75) is 6.92 Å². The van der Waals surface area contributed by atoms with Crippen LogP contribution in [0.25, 0.3) is 0 Å². The lowest BCUT2D eigenvalue weighted by molar-refractivity contribution is 0.411. The van der Waals surface area contributed by atoms with Crippen molar-refractivity contribution >= 4 is 21.7 Å². The van der Waals surface area contributed by atoms with Crippen LogP contribution in [0.4, 0.5) is 5.82 Å². The van der Waals surface area contributed by atoms with Crippen LogP contribution in [0.1, 0.15) is 6.92 Å². The number of ether oxygens (including phenoxy) is 2. The van der Waals surface area contributed by atoms with Gasteiger partial charge in [-0.05, 0) is 41.1 Å². The Morgan fingerprint density at radius 1 is 1.32 bits per heavy atom. The highest BCUT2D eigenvalue weighted by molar-refractivity contribution is 9.10. The average Bonchev–Trinajstić information content (AvgIpc) is 2.42. The van der Waals surface area contributed by atoms with Crippen molar-refractivity contribution in [3.63, 3.8) is 0 Å². The second-order valence-corrected chi connectivity index (χ2v) is 4.53. The van der Waals surface area contributed by atoms with Gasteiger partial charge in [0.25, 0.3) is 0 Å². The summed E-state index contributed by atoms with van der Waals surface area (Å²) < 4.78 is 11.6. The molecule has 19 heavy (non-hydrogen) atoms. The Labute approximate surface area is 120 Å². The van der Waals surface area contributed by atoms with Gasteiger partial charge in [-0.15, -0.1) is 0 Å². The van der Waals surface area contributed by atoms with E-state index in [-0.39, 0.29) is 0 Å². The zero-order valence-electron chi connectivity index (χ0n) is 10.7. The molecule has 0 unspecified atom stereocenters. The maximum absolute atomic E-state index is 5.68. The van der Waals surface area contributed by atoms with E-state index in [9.17, 15) is 0 Å². The molecule has 1 N–H and O–H groups in total. The highest BCUT2D eigenvalue weighted by Gasteiger charge is 2.06. The molecule has 1 aromatic carbocycles. The first-order valence-corrected chi connectivity index (χ1v) is 6.59. The summed E-state index contributed by atoms with van der Waals surface area (Å²) >= 11 is 3.43. The zero-order valence-corrected chi connectivity index (χ0v) is 12.3. The first-order valence-electron chi connectivity index (χ1n) is 5.80. The number of rotatable bonds is 5. The molecule has 100 valence electrons. The largest absolute Gasteiger partial charge is 0.497 e. The van der Waals surface area contributed by atoms with Crippen LogP contribution in [0.2, 0.25) is 0 Å². The van der Waals surface area contributed by atoms with Gasteiger partial charge in [-0.1, -0.05) is 0 Å². The molecule has 5 nitrogen and oxygen atoms in total. The maximum atomic E-state index is 5.68. The molecular formula is C13H14BrN3O2.